The summed E-state index contributed by atoms with van der Waals surface area (Å²) in [5.74, 6) is -0.891. The van der Waals surface area contributed by atoms with E-state index in [2.05, 4.69) is 37.4 Å². The summed E-state index contributed by atoms with van der Waals surface area (Å²) in [5, 5.41) is 12.5. The molecule has 1 atom stereocenters. The highest BCUT2D eigenvalue weighted by Gasteiger charge is 2.06. The highest BCUT2D eigenvalue weighted by Crippen LogP contribution is 2.18. The molecule has 100 valence electrons. The summed E-state index contributed by atoms with van der Waals surface area (Å²) >= 11 is 0. The minimum absolute atomic E-state index is 0.191. The number of hydrogen-bond donors (Lipinski definition) is 2. The average molecular weight is 259 g/mol. The molecule has 2 aromatic rings. The van der Waals surface area contributed by atoms with Crippen molar-refractivity contribution in [2.75, 3.05) is 0 Å². The fraction of sp³-hybridized carbons (Fsp3) is 0.250. The zero-order chi connectivity index (χ0) is 13.8. The molecule has 2 aromatic carbocycles. The molecule has 0 radical (unpaired) electrons. The van der Waals surface area contributed by atoms with Gasteiger partial charge in [-0.2, -0.15) is 0 Å². The first-order valence-electron chi connectivity index (χ1n) is 6.33. The fourth-order valence-electron chi connectivity index (χ4n) is 1.99. The van der Waals surface area contributed by atoms with E-state index in [1.165, 1.54) is 23.3 Å². The Morgan fingerprint density at radius 1 is 1.21 bits per heavy atom. The second-order valence-corrected chi connectivity index (χ2v) is 4.80. The highest BCUT2D eigenvalue weighted by molar-refractivity contribution is 5.28. The Bertz CT molecular complexity index is 568. The number of halogens is 1. The first kappa shape index (κ1) is 13.6. The summed E-state index contributed by atoms with van der Waals surface area (Å²) in [6.45, 7) is 4.70. The van der Waals surface area contributed by atoms with Crippen LogP contribution in [-0.4, -0.2) is 5.11 Å². The van der Waals surface area contributed by atoms with E-state index >= 15 is 0 Å². The van der Waals surface area contributed by atoms with E-state index < -0.39 is 5.82 Å². The SMILES string of the molecule is Cc1cccc([C@@H](C)NCc2ccc(O)c(F)c2)c1. The zero-order valence-corrected chi connectivity index (χ0v) is 11.2. The van der Waals surface area contributed by atoms with Crippen LogP contribution in [0.25, 0.3) is 0 Å². The largest absolute Gasteiger partial charge is 0.505 e. The molecule has 0 aromatic heterocycles. The molecule has 2 N–H and O–H groups in total. The molecular formula is C16H18FNO. The standard InChI is InChI=1S/C16H18FNO/c1-11-4-3-5-14(8-11)12(2)18-10-13-6-7-16(19)15(17)9-13/h3-9,12,18-19H,10H2,1-2H3/t12-/m1/s1. The van der Waals surface area contributed by atoms with Crippen LogP contribution < -0.4 is 5.32 Å². The summed E-state index contributed by atoms with van der Waals surface area (Å²) < 4.78 is 13.2. The Morgan fingerprint density at radius 3 is 2.68 bits per heavy atom. The minimum Gasteiger partial charge on any atom is -0.505 e. The maximum Gasteiger partial charge on any atom is 0.165 e. The molecule has 0 amide bonds. The van der Waals surface area contributed by atoms with Gasteiger partial charge in [-0.3, -0.25) is 0 Å². The van der Waals surface area contributed by atoms with Crippen molar-refractivity contribution in [3.8, 4) is 5.75 Å². The Labute approximate surface area is 112 Å². The predicted molar refractivity (Wildman–Crippen MR) is 74.5 cm³/mol. The summed E-state index contributed by atoms with van der Waals surface area (Å²) in [4.78, 5) is 0. The summed E-state index contributed by atoms with van der Waals surface area (Å²) in [6.07, 6.45) is 0. The predicted octanol–water partition coefficient (Wildman–Crippen LogP) is 3.69. The Kier molecular flexibility index (Phi) is 4.17. The van der Waals surface area contributed by atoms with E-state index in [0.717, 1.165) is 5.56 Å². The average Bonchev–Trinajstić information content (AvgIpc) is 2.40. The van der Waals surface area contributed by atoms with E-state index in [1.54, 1.807) is 6.07 Å². The lowest BCUT2D eigenvalue weighted by Crippen LogP contribution is -2.18. The first-order chi connectivity index (χ1) is 9.06. The van der Waals surface area contributed by atoms with Crippen molar-refractivity contribution in [3.05, 3.63) is 65.0 Å². The highest BCUT2D eigenvalue weighted by atomic mass is 19.1. The van der Waals surface area contributed by atoms with E-state index in [4.69, 9.17) is 5.11 Å². The third-order valence-electron chi connectivity index (χ3n) is 3.17. The van der Waals surface area contributed by atoms with Gasteiger partial charge in [-0.05, 0) is 37.1 Å². The van der Waals surface area contributed by atoms with Crippen molar-refractivity contribution in [1.82, 2.24) is 5.32 Å². The molecule has 19 heavy (non-hydrogen) atoms. The van der Waals surface area contributed by atoms with Crippen LogP contribution in [0.15, 0.2) is 42.5 Å². The smallest absolute Gasteiger partial charge is 0.165 e. The van der Waals surface area contributed by atoms with Gasteiger partial charge in [0.15, 0.2) is 11.6 Å². The molecule has 3 heteroatoms. The van der Waals surface area contributed by atoms with Gasteiger partial charge in [0, 0.05) is 12.6 Å². The molecule has 0 aliphatic carbocycles. The van der Waals surface area contributed by atoms with Gasteiger partial charge in [0.05, 0.1) is 0 Å². The number of hydrogen-bond acceptors (Lipinski definition) is 2. The number of phenolic OH excluding ortho intramolecular Hbond substituents is 1. The van der Waals surface area contributed by atoms with E-state index in [0.29, 0.717) is 6.54 Å². The van der Waals surface area contributed by atoms with Crippen molar-refractivity contribution in [2.45, 2.75) is 26.4 Å². The van der Waals surface area contributed by atoms with Gasteiger partial charge in [0.1, 0.15) is 0 Å². The third-order valence-corrected chi connectivity index (χ3v) is 3.17. The van der Waals surface area contributed by atoms with Crippen molar-refractivity contribution in [2.24, 2.45) is 0 Å². The van der Waals surface area contributed by atoms with Gasteiger partial charge in [0.2, 0.25) is 0 Å². The molecule has 2 nitrogen and oxygen atoms in total. The van der Waals surface area contributed by atoms with E-state index in [9.17, 15) is 4.39 Å². The fourth-order valence-corrected chi connectivity index (χ4v) is 1.99. The van der Waals surface area contributed by atoms with Crippen LogP contribution in [0.1, 0.15) is 29.7 Å². The lowest BCUT2D eigenvalue weighted by atomic mass is 10.1. The number of aryl methyl sites for hydroxylation is 1. The number of benzene rings is 2. The maximum absolute atomic E-state index is 13.2. The topological polar surface area (TPSA) is 32.3 Å². The number of rotatable bonds is 4. The Morgan fingerprint density at radius 2 is 2.00 bits per heavy atom. The number of aromatic hydroxyl groups is 1. The Balaban J connectivity index is 2.00. The monoisotopic (exact) mass is 259 g/mol. The molecule has 0 spiro atoms. The third kappa shape index (κ3) is 3.55. The van der Waals surface area contributed by atoms with Gasteiger partial charge in [-0.15, -0.1) is 0 Å². The van der Waals surface area contributed by atoms with Crippen LogP contribution in [0.3, 0.4) is 0 Å². The Hall–Kier alpha value is -1.87. The van der Waals surface area contributed by atoms with Gasteiger partial charge in [0.25, 0.3) is 0 Å². The normalized spacial score (nSPS) is 12.4. The molecule has 0 aliphatic rings. The number of phenols is 1. The molecule has 0 saturated heterocycles. The van der Waals surface area contributed by atoms with Crippen LogP contribution in [0.4, 0.5) is 4.39 Å². The van der Waals surface area contributed by atoms with Crippen molar-refractivity contribution >= 4 is 0 Å². The van der Waals surface area contributed by atoms with Gasteiger partial charge in [-0.1, -0.05) is 35.9 Å². The molecule has 2 rings (SSSR count). The lowest BCUT2D eigenvalue weighted by molar-refractivity contribution is 0.431. The van der Waals surface area contributed by atoms with Gasteiger partial charge < -0.3 is 10.4 Å². The zero-order valence-electron chi connectivity index (χ0n) is 11.2. The van der Waals surface area contributed by atoms with Crippen molar-refractivity contribution in [1.29, 1.82) is 0 Å². The molecule has 0 unspecified atom stereocenters. The second kappa shape index (κ2) is 5.85. The van der Waals surface area contributed by atoms with Crippen molar-refractivity contribution in [3.63, 3.8) is 0 Å². The lowest BCUT2D eigenvalue weighted by Gasteiger charge is -2.15. The van der Waals surface area contributed by atoms with Crippen molar-refractivity contribution < 1.29 is 9.50 Å². The molecule has 0 heterocycles. The quantitative estimate of drug-likeness (QED) is 0.877. The molecular weight excluding hydrogens is 241 g/mol. The van der Waals surface area contributed by atoms with Gasteiger partial charge >= 0.3 is 0 Å². The first-order valence-corrected chi connectivity index (χ1v) is 6.33. The van der Waals surface area contributed by atoms with E-state index in [1.807, 2.05) is 6.07 Å². The summed E-state index contributed by atoms with van der Waals surface area (Å²) in [6, 6.07) is 12.9. The van der Waals surface area contributed by atoms with Crippen LogP contribution in [0.5, 0.6) is 5.75 Å². The second-order valence-electron chi connectivity index (χ2n) is 4.80. The summed E-state index contributed by atoms with van der Waals surface area (Å²) in [5.41, 5.74) is 3.25. The van der Waals surface area contributed by atoms with Crippen LogP contribution in [-0.2, 0) is 6.54 Å². The van der Waals surface area contributed by atoms with Gasteiger partial charge in [-0.25, -0.2) is 4.39 Å². The maximum atomic E-state index is 13.2. The molecule has 0 fully saturated rings. The minimum atomic E-state index is -0.581. The van der Waals surface area contributed by atoms with E-state index in [-0.39, 0.29) is 11.8 Å². The molecule has 0 aliphatic heterocycles. The van der Waals surface area contributed by atoms with Crippen LogP contribution in [0, 0.1) is 12.7 Å². The molecule has 0 saturated carbocycles. The van der Waals surface area contributed by atoms with Crippen LogP contribution >= 0.6 is 0 Å². The number of nitrogens with one attached hydrogen (secondary N) is 1. The molecule has 0 bridgehead atoms. The summed E-state index contributed by atoms with van der Waals surface area (Å²) in [7, 11) is 0. The van der Waals surface area contributed by atoms with Crippen LogP contribution in [0.2, 0.25) is 0 Å².